The lowest BCUT2D eigenvalue weighted by molar-refractivity contribution is -0.356. The molecule has 3 saturated heterocycles. The predicted octanol–water partition coefficient (Wildman–Crippen LogP) is 0.327. The van der Waals surface area contributed by atoms with Gasteiger partial charge in [-0.25, -0.2) is 4.79 Å². The molecule has 0 amide bonds. The molecule has 0 radical (unpaired) electrons. The second-order valence-corrected chi connectivity index (χ2v) is 16.9. The minimum atomic E-state index is -2.19. The molecule has 7 fully saturated rings. The highest BCUT2D eigenvalue weighted by molar-refractivity contribution is 5.90. The Balaban J connectivity index is 1.18. The van der Waals surface area contributed by atoms with Crippen LogP contribution in [0.4, 0.5) is 0 Å². The summed E-state index contributed by atoms with van der Waals surface area (Å²) in [4.78, 5) is 15.5. The zero-order chi connectivity index (χ0) is 35.3. The molecular formula is C36H51NO12. The van der Waals surface area contributed by atoms with Crippen molar-refractivity contribution in [2.24, 2.45) is 29.1 Å². The molecule has 8 rings (SSSR count). The normalized spacial score (nSPS) is 54.3. The number of hydrogen-bond acceptors (Lipinski definition) is 13. The Labute approximate surface area is 285 Å². The van der Waals surface area contributed by atoms with E-state index in [2.05, 4.69) is 11.8 Å². The lowest BCUT2D eigenvalue weighted by Crippen LogP contribution is -2.85. The summed E-state index contributed by atoms with van der Waals surface area (Å²) in [5.41, 5.74) is -10.6. The average molecular weight is 690 g/mol. The number of carbonyl (C=O) groups is 1. The number of ether oxygens (including phenoxy) is 4. The summed E-state index contributed by atoms with van der Waals surface area (Å²) in [6.07, 6.45) is -2.82. The Morgan fingerprint density at radius 1 is 0.939 bits per heavy atom. The molecule has 4 saturated carbocycles. The lowest BCUT2D eigenvalue weighted by Gasteiger charge is -2.68. The van der Waals surface area contributed by atoms with E-state index in [1.807, 2.05) is 6.92 Å². The number of benzene rings is 1. The van der Waals surface area contributed by atoms with Crippen LogP contribution in [0.1, 0.15) is 76.1 Å². The van der Waals surface area contributed by atoms with Crippen molar-refractivity contribution in [3.8, 4) is 11.5 Å². The summed E-state index contributed by atoms with van der Waals surface area (Å²) in [7, 11) is 2.93. The number of fused-ring (bicyclic) bond motifs is 5. The molecule has 15 atom stereocenters. The molecule has 49 heavy (non-hydrogen) atoms. The Morgan fingerprint density at radius 3 is 2.35 bits per heavy atom. The topological polar surface area (TPSA) is 199 Å². The van der Waals surface area contributed by atoms with Crippen molar-refractivity contribution in [1.82, 2.24) is 4.90 Å². The van der Waals surface area contributed by atoms with Crippen LogP contribution in [0.25, 0.3) is 0 Å². The largest absolute Gasteiger partial charge is 0.493 e. The van der Waals surface area contributed by atoms with Crippen LogP contribution in [-0.2, 0) is 9.47 Å². The maximum Gasteiger partial charge on any atom is 0.338 e. The molecule has 13 heteroatoms. The maximum absolute atomic E-state index is 13.5. The summed E-state index contributed by atoms with van der Waals surface area (Å²) in [5, 5.41) is 86.6. The third-order valence-corrected chi connectivity index (χ3v) is 14.9. The predicted molar refractivity (Wildman–Crippen MR) is 170 cm³/mol. The van der Waals surface area contributed by atoms with Crippen molar-refractivity contribution in [3.05, 3.63) is 23.8 Å². The van der Waals surface area contributed by atoms with Gasteiger partial charge in [-0.15, -0.1) is 0 Å². The van der Waals surface area contributed by atoms with E-state index in [9.17, 15) is 40.5 Å². The fourth-order valence-corrected chi connectivity index (χ4v) is 12.6. The number of methoxy groups -OCH3 is 2. The van der Waals surface area contributed by atoms with Crippen LogP contribution in [0.3, 0.4) is 0 Å². The fraction of sp³-hybridized carbons (Fsp3) is 0.806. The van der Waals surface area contributed by atoms with Crippen LogP contribution in [0.2, 0.25) is 0 Å². The molecule has 3 heterocycles. The van der Waals surface area contributed by atoms with Gasteiger partial charge in [0.1, 0.15) is 22.4 Å². The summed E-state index contributed by atoms with van der Waals surface area (Å²) < 4.78 is 23.4. The number of nitrogens with zero attached hydrogens (tertiary/aromatic N) is 1. The van der Waals surface area contributed by atoms with Crippen molar-refractivity contribution < 1.29 is 59.5 Å². The maximum atomic E-state index is 13.5. The Kier molecular flexibility index (Phi) is 7.15. The Hall–Kier alpha value is -2.07. The molecule has 0 unspecified atom stereocenters. The highest BCUT2D eigenvalue weighted by Crippen LogP contribution is 2.78. The first-order valence-electron chi connectivity index (χ1n) is 17.7. The highest BCUT2D eigenvalue weighted by Gasteiger charge is 2.90. The number of hydrogen-bond donors (Lipinski definition) is 7. The number of esters is 1. The first-order valence-corrected chi connectivity index (χ1v) is 17.7. The minimum Gasteiger partial charge on any atom is -0.493 e. The third kappa shape index (κ3) is 3.84. The van der Waals surface area contributed by atoms with Crippen LogP contribution >= 0.6 is 0 Å². The zero-order valence-corrected chi connectivity index (χ0v) is 28.8. The summed E-state index contributed by atoms with van der Waals surface area (Å²) in [5.74, 6) is -4.86. The van der Waals surface area contributed by atoms with Gasteiger partial charge in [0, 0.05) is 55.1 Å². The molecule has 7 aliphatic rings. The number of aliphatic hydroxyl groups is 7. The van der Waals surface area contributed by atoms with Crippen LogP contribution in [-0.4, -0.2) is 132 Å². The van der Waals surface area contributed by atoms with Crippen molar-refractivity contribution >= 4 is 5.97 Å². The minimum absolute atomic E-state index is 0.0172. The SMILES string of the molecule is COc1ccc(C(=O)O[C@H]2CC[C@@]3(C)[C@@H]4C[C@H](O)[C@H]5[C@]6(O)C[C@H](O)[C@@]7(O)[C@@H](CN8C[C@@H](C)CC[C@H]8[C@@]7(C)O)[C@]6(O)C[C@@]53O[C@]24O)cc1OC. The van der Waals surface area contributed by atoms with Gasteiger partial charge in [0.05, 0.1) is 37.6 Å². The van der Waals surface area contributed by atoms with Crippen LogP contribution < -0.4 is 9.47 Å². The Morgan fingerprint density at radius 2 is 1.65 bits per heavy atom. The standard InChI is InChI=1S/C36H51NO12/c1-18-6-9-25-31(3,41)35(44)24(16-37(25)15-18)33(43)17-34-28(32(33,42)14-26(35)39)20(38)13-23-30(34,2)11-10-27(36(23,45)49-34)48-29(40)19-7-8-21(46-4)22(12-19)47-5/h7-8,12,18,20,23-28,38-39,41-45H,6,9-11,13-17H2,1-5H3/t18-,20-,23-,24-,25-,26-,27-,28-,30-,31+,32+,33+,34+,35-,36-/m0/s1. The first-order chi connectivity index (χ1) is 22.9. The van der Waals surface area contributed by atoms with Crippen molar-refractivity contribution in [3.63, 3.8) is 0 Å². The molecular weight excluding hydrogens is 638 g/mol. The van der Waals surface area contributed by atoms with E-state index in [1.165, 1.54) is 33.3 Å². The van der Waals surface area contributed by atoms with Crippen molar-refractivity contribution in [2.75, 3.05) is 27.3 Å². The molecule has 3 aliphatic heterocycles. The second-order valence-electron chi connectivity index (χ2n) is 16.9. The smallest absolute Gasteiger partial charge is 0.338 e. The number of carbonyl (C=O) groups excluding carboxylic acids is 1. The van der Waals surface area contributed by atoms with E-state index in [0.717, 1.165) is 6.42 Å². The Bertz CT molecular complexity index is 1560. The summed E-state index contributed by atoms with van der Waals surface area (Å²) in [6, 6.07) is 4.12. The number of aliphatic hydroxyl groups excluding tert-OH is 2. The van der Waals surface area contributed by atoms with Gasteiger partial charge >= 0.3 is 5.97 Å². The van der Waals surface area contributed by atoms with Crippen molar-refractivity contribution in [2.45, 2.75) is 124 Å². The highest BCUT2D eigenvalue weighted by atomic mass is 16.7. The van der Waals surface area contributed by atoms with Gasteiger partial charge in [0.15, 0.2) is 17.6 Å². The fourth-order valence-electron chi connectivity index (χ4n) is 12.6. The third-order valence-electron chi connectivity index (χ3n) is 14.9. The van der Waals surface area contributed by atoms with E-state index >= 15 is 0 Å². The van der Waals surface area contributed by atoms with Gasteiger partial charge in [-0.1, -0.05) is 13.8 Å². The van der Waals surface area contributed by atoms with Crippen LogP contribution in [0.15, 0.2) is 18.2 Å². The summed E-state index contributed by atoms with van der Waals surface area (Å²) in [6.45, 7) is 6.25. The molecule has 272 valence electrons. The zero-order valence-electron chi connectivity index (χ0n) is 28.8. The average Bonchev–Trinajstić information content (AvgIpc) is 3.25. The van der Waals surface area contributed by atoms with E-state index in [1.54, 1.807) is 6.07 Å². The van der Waals surface area contributed by atoms with Gasteiger partial charge in [0.2, 0.25) is 5.79 Å². The van der Waals surface area contributed by atoms with Crippen LogP contribution in [0, 0.1) is 29.1 Å². The number of piperidine rings is 2. The van der Waals surface area contributed by atoms with Gasteiger partial charge in [0.25, 0.3) is 0 Å². The summed E-state index contributed by atoms with van der Waals surface area (Å²) >= 11 is 0. The van der Waals surface area contributed by atoms with Gasteiger partial charge in [-0.05, 0) is 63.1 Å². The monoisotopic (exact) mass is 689 g/mol. The van der Waals surface area contributed by atoms with Gasteiger partial charge < -0.3 is 54.7 Å². The van der Waals surface area contributed by atoms with E-state index in [0.29, 0.717) is 36.8 Å². The molecule has 1 aromatic carbocycles. The van der Waals surface area contributed by atoms with Crippen molar-refractivity contribution in [1.29, 1.82) is 0 Å². The van der Waals surface area contributed by atoms with Gasteiger partial charge in [-0.2, -0.15) is 0 Å². The number of rotatable bonds is 4. The molecule has 0 aromatic heterocycles. The second kappa shape index (κ2) is 10.3. The van der Waals surface area contributed by atoms with E-state index in [-0.39, 0.29) is 31.4 Å². The molecule has 4 aliphatic carbocycles. The van der Waals surface area contributed by atoms with Gasteiger partial charge in [-0.3, -0.25) is 4.90 Å². The molecule has 7 N–H and O–H groups in total. The molecule has 1 spiro atoms. The first kappa shape index (κ1) is 34.0. The van der Waals surface area contributed by atoms with Crippen LogP contribution in [0.5, 0.6) is 11.5 Å². The molecule has 13 nitrogen and oxygen atoms in total. The van der Waals surface area contributed by atoms with E-state index < -0.39 is 93.7 Å². The van der Waals surface area contributed by atoms with E-state index in [4.69, 9.17) is 18.9 Å². The quantitative estimate of drug-likeness (QED) is 0.214. The molecule has 1 aromatic rings. The lowest BCUT2D eigenvalue weighted by atomic mass is 9.48. The molecule has 4 bridgehead atoms.